The van der Waals surface area contributed by atoms with Crippen molar-refractivity contribution in [1.29, 1.82) is 0 Å². The molecule has 2 fully saturated rings. The molecule has 2 aliphatic rings. The smallest absolute Gasteiger partial charge is 0.176 e. The van der Waals surface area contributed by atoms with Gasteiger partial charge in [-0.3, -0.25) is 0 Å². The van der Waals surface area contributed by atoms with Gasteiger partial charge in [-0.15, -0.1) is 0 Å². The molecule has 0 amide bonds. The molecular formula is C26H28ClFN6O2. The number of nitrogens with two attached hydrogens (primary N) is 2. The third-order valence-electron chi connectivity index (χ3n) is 7.75. The first-order valence-corrected chi connectivity index (χ1v) is 12.4. The lowest BCUT2D eigenvalue weighted by molar-refractivity contribution is -0.189. The van der Waals surface area contributed by atoms with Gasteiger partial charge in [-0.2, -0.15) is 0 Å². The normalized spacial score (nSPS) is 27.2. The minimum Gasteiger partial charge on any atom is -0.383 e. The molecule has 4 heterocycles. The molecule has 1 saturated heterocycles. The highest BCUT2D eigenvalue weighted by molar-refractivity contribution is 6.33. The predicted octanol–water partition coefficient (Wildman–Crippen LogP) is 5.17. The summed E-state index contributed by atoms with van der Waals surface area (Å²) in [4.78, 5) is 12.9. The van der Waals surface area contributed by atoms with E-state index >= 15 is 0 Å². The molecule has 1 aromatic carbocycles. The average Bonchev–Trinajstić information content (AvgIpc) is 3.45. The minimum absolute atomic E-state index is 0.190. The molecule has 10 heteroatoms. The van der Waals surface area contributed by atoms with E-state index in [4.69, 9.17) is 32.5 Å². The number of hydrogen-bond donors (Lipinski definition) is 2. The quantitative estimate of drug-likeness (QED) is 0.389. The number of nitrogen functional groups attached to an aromatic ring is 2. The van der Waals surface area contributed by atoms with Gasteiger partial charge in [0.05, 0.1) is 15.9 Å². The number of hydrogen-bond acceptors (Lipinski definition) is 7. The van der Waals surface area contributed by atoms with Crippen molar-refractivity contribution in [2.75, 3.05) is 11.5 Å². The number of anilines is 2. The van der Waals surface area contributed by atoms with Crippen LogP contribution in [0.3, 0.4) is 0 Å². The fourth-order valence-electron chi connectivity index (χ4n) is 6.02. The lowest BCUT2D eigenvalue weighted by Crippen LogP contribution is -2.44. The maximum Gasteiger partial charge on any atom is 0.176 e. The zero-order valence-corrected chi connectivity index (χ0v) is 21.1. The Morgan fingerprint density at radius 2 is 1.92 bits per heavy atom. The average molecular weight is 511 g/mol. The van der Waals surface area contributed by atoms with Crippen LogP contribution in [-0.2, 0) is 21.6 Å². The summed E-state index contributed by atoms with van der Waals surface area (Å²) in [6.07, 6.45) is 6.20. The number of aromatic nitrogens is 4. The third-order valence-corrected chi connectivity index (χ3v) is 8.05. The summed E-state index contributed by atoms with van der Waals surface area (Å²) in [5.74, 6) is -0.521. The van der Waals surface area contributed by atoms with Crippen LogP contribution >= 0.6 is 11.6 Å². The molecule has 36 heavy (non-hydrogen) atoms. The van der Waals surface area contributed by atoms with Crippen LogP contribution in [0.1, 0.15) is 45.6 Å². The van der Waals surface area contributed by atoms with Gasteiger partial charge in [0.25, 0.3) is 0 Å². The first kappa shape index (κ1) is 23.4. The van der Waals surface area contributed by atoms with Crippen LogP contribution in [0.15, 0.2) is 36.8 Å². The van der Waals surface area contributed by atoms with E-state index in [9.17, 15) is 4.39 Å². The van der Waals surface area contributed by atoms with E-state index in [1.54, 1.807) is 6.07 Å². The number of halogens is 2. The van der Waals surface area contributed by atoms with Crippen LogP contribution in [0.4, 0.5) is 16.0 Å². The Kier molecular flexibility index (Phi) is 5.03. The number of fused-ring (bicyclic) bond motifs is 3. The maximum atomic E-state index is 14.9. The summed E-state index contributed by atoms with van der Waals surface area (Å²) in [6, 6.07) is 6.88. The van der Waals surface area contributed by atoms with E-state index in [0.717, 1.165) is 35.9 Å². The second kappa shape index (κ2) is 7.74. The highest BCUT2D eigenvalue weighted by Crippen LogP contribution is 2.59. The number of nitrogens with zero attached hydrogens (tertiary/aromatic N) is 4. The molecule has 1 aliphatic carbocycles. The van der Waals surface area contributed by atoms with Gasteiger partial charge in [-0.25, -0.2) is 19.3 Å². The van der Waals surface area contributed by atoms with Crippen molar-refractivity contribution >= 4 is 45.2 Å². The van der Waals surface area contributed by atoms with Gasteiger partial charge < -0.3 is 25.5 Å². The first-order valence-electron chi connectivity index (χ1n) is 12.0. The van der Waals surface area contributed by atoms with E-state index in [0.29, 0.717) is 23.1 Å². The molecule has 0 radical (unpaired) electrons. The van der Waals surface area contributed by atoms with Crippen LogP contribution in [0.2, 0.25) is 5.02 Å². The third kappa shape index (κ3) is 3.44. The van der Waals surface area contributed by atoms with Crippen LogP contribution in [-0.4, -0.2) is 31.4 Å². The molecule has 4 N–H and O–H groups in total. The van der Waals surface area contributed by atoms with Gasteiger partial charge in [0.1, 0.15) is 35.5 Å². The van der Waals surface area contributed by atoms with Gasteiger partial charge in [0.2, 0.25) is 0 Å². The molecule has 3 aromatic heterocycles. The molecule has 1 aliphatic heterocycles. The molecule has 188 valence electrons. The highest BCUT2D eigenvalue weighted by atomic mass is 35.5. The van der Waals surface area contributed by atoms with Gasteiger partial charge in [-0.05, 0) is 74.8 Å². The number of ether oxygens (including phenoxy) is 2. The second-order valence-electron chi connectivity index (χ2n) is 10.7. The number of rotatable bonds is 4. The summed E-state index contributed by atoms with van der Waals surface area (Å²) < 4.78 is 30.2. The Balaban J connectivity index is 1.34. The van der Waals surface area contributed by atoms with Crippen molar-refractivity contribution in [3.63, 3.8) is 0 Å². The number of pyridine rings is 1. The summed E-state index contributed by atoms with van der Waals surface area (Å²) >= 11 is 6.04. The van der Waals surface area contributed by atoms with Crippen molar-refractivity contribution in [3.8, 4) is 0 Å². The van der Waals surface area contributed by atoms with Gasteiger partial charge in [0.15, 0.2) is 11.5 Å². The molecule has 4 aromatic rings. The molecule has 3 atom stereocenters. The van der Waals surface area contributed by atoms with Crippen LogP contribution in [0.5, 0.6) is 0 Å². The van der Waals surface area contributed by atoms with E-state index in [1.807, 2.05) is 32.2 Å². The summed E-state index contributed by atoms with van der Waals surface area (Å²) in [7, 11) is 0. The summed E-state index contributed by atoms with van der Waals surface area (Å²) in [5, 5.41) is 1.39. The van der Waals surface area contributed by atoms with E-state index in [2.05, 4.69) is 26.4 Å². The first-order chi connectivity index (χ1) is 17.0. The van der Waals surface area contributed by atoms with Crippen LogP contribution in [0, 0.1) is 11.2 Å². The van der Waals surface area contributed by atoms with Crippen molar-refractivity contribution in [2.24, 2.45) is 5.41 Å². The standard InChI is InChI=1S/C26H28ClFN6O2/c1-24(2)35-23-25(3,6-4-14-10-18(28)16-12-17(27)21(30)33-19(16)11-14)7-8-26(23,36-24)34-9-5-15-20(29)31-13-32-22(15)34/h5,9-13,23H,4,6-8H2,1-3H3,(H2,30,33)(H2,29,31,32)/t23-,25+,26+/m1/s1. The van der Waals surface area contributed by atoms with Gasteiger partial charge >= 0.3 is 0 Å². The molecule has 8 nitrogen and oxygen atoms in total. The topological polar surface area (TPSA) is 114 Å². The Hall–Kier alpha value is -3.01. The Morgan fingerprint density at radius 3 is 2.72 bits per heavy atom. The Morgan fingerprint density at radius 1 is 1.11 bits per heavy atom. The second-order valence-corrected chi connectivity index (χ2v) is 11.1. The number of benzene rings is 1. The van der Waals surface area contributed by atoms with Gasteiger partial charge in [-0.1, -0.05) is 18.5 Å². The fraction of sp³-hybridized carbons (Fsp3) is 0.423. The largest absolute Gasteiger partial charge is 0.383 e. The van der Waals surface area contributed by atoms with Crippen molar-refractivity contribution in [3.05, 3.63) is 53.2 Å². The van der Waals surface area contributed by atoms with Crippen molar-refractivity contribution in [1.82, 2.24) is 19.5 Å². The fourth-order valence-corrected chi connectivity index (χ4v) is 6.17. The summed E-state index contributed by atoms with van der Waals surface area (Å²) in [5.41, 5.74) is 13.1. The van der Waals surface area contributed by atoms with E-state index in [1.165, 1.54) is 12.4 Å². The van der Waals surface area contributed by atoms with E-state index in [-0.39, 0.29) is 28.2 Å². The van der Waals surface area contributed by atoms with Gasteiger partial charge in [0, 0.05) is 11.6 Å². The monoisotopic (exact) mass is 510 g/mol. The minimum atomic E-state index is -0.780. The zero-order valence-electron chi connectivity index (χ0n) is 20.4. The molecule has 0 spiro atoms. The van der Waals surface area contributed by atoms with Crippen LogP contribution < -0.4 is 11.5 Å². The SMILES string of the molecule is CC1(C)O[C@@H]2[C@@](C)(CCc3cc(F)c4cc(Cl)c(N)nc4c3)CC[C@]2(n2ccc3c(N)ncnc32)O1. The molecular weight excluding hydrogens is 483 g/mol. The Labute approximate surface area is 212 Å². The lowest BCUT2D eigenvalue weighted by Gasteiger charge is -2.35. The van der Waals surface area contributed by atoms with Crippen molar-refractivity contribution in [2.45, 2.75) is 64.1 Å². The maximum absolute atomic E-state index is 14.9. The molecule has 0 unspecified atom stereocenters. The molecule has 6 rings (SSSR count). The molecule has 1 saturated carbocycles. The lowest BCUT2D eigenvalue weighted by atomic mass is 9.79. The van der Waals surface area contributed by atoms with Crippen LogP contribution in [0.25, 0.3) is 21.9 Å². The van der Waals surface area contributed by atoms with Crippen molar-refractivity contribution < 1.29 is 13.9 Å². The Bertz CT molecular complexity index is 1520. The predicted molar refractivity (Wildman–Crippen MR) is 137 cm³/mol. The number of aryl methyl sites for hydroxylation is 1. The zero-order chi connectivity index (χ0) is 25.5. The summed E-state index contributed by atoms with van der Waals surface area (Å²) in [6.45, 7) is 6.08. The molecule has 0 bridgehead atoms. The van der Waals surface area contributed by atoms with E-state index < -0.39 is 11.5 Å². The highest BCUT2D eigenvalue weighted by Gasteiger charge is 2.65.